The number of nitrogens with one attached hydrogen (secondary N) is 1. The Balaban J connectivity index is 1.78. The van der Waals surface area contributed by atoms with Crippen LogP contribution in [-0.4, -0.2) is 44.1 Å². The molecule has 0 bridgehead atoms. The van der Waals surface area contributed by atoms with E-state index in [-0.39, 0.29) is 12.2 Å². The molecule has 0 radical (unpaired) electrons. The number of hydrogen-bond donors (Lipinski definition) is 1. The molecule has 1 saturated carbocycles. The maximum atomic E-state index is 12.9. The topological polar surface area (TPSA) is 58.6 Å². The third-order valence-electron chi connectivity index (χ3n) is 3.84. The molecular formula is C14H22N2O3S2. The molecule has 3 rings (SSSR count). The fraction of sp³-hybridized carbons (Fsp3) is 0.714. The Morgan fingerprint density at radius 1 is 1.33 bits per heavy atom. The molecular weight excluding hydrogens is 308 g/mol. The number of ether oxygens (including phenoxy) is 1. The Labute approximate surface area is 130 Å². The van der Waals surface area contributed by atoms with Gasteiger partial charge < -0.3 is 10.1 Å². The van der Waals surface area contributed by atoms with Crippen LogP contribution in [0.4, 0.5) is 0 Å². The molecule has 7 heteroatoms. The van der Waals surface area contributed by atoms with Gasteiger partial charge in [0.2, 0.25) is 10.0 Å². The largest absolute Gasteiger partial charge is 0.373 e. The van der Waals surface area contributed by atoms with Crippen molar-refractivity contribution in [3.05, 3.63) is 16.3 Å². The monoisotopic (exact) mass is 330 g/mol. The highest BCUT2D eigenvalue weighted by atomic mass is 32.2. The molecule has 21 heavy (non-hydrogen) atoms. The smallest absolute Gasteiger partial charge is 0.244 e. The predicted octanol–water partition coefficient (Wildman–Crippen LogP) is 1.80. The Morgan fingerprint density at radius 3 is 2.62 bits per heavy atom. The van der Waals surface area contributed by atoms with Gasteiger partial charge in [0.05, 0.1) is 17.1 Å². The van der Waals surface area contributed by atoms with Crippen molar-refractivity contribution in [2.75, 3.05) is 13.1 Å². The maximum absolute atomic E-state index is 12.9. The number of nitrogens with zero attached hydrogens (tertiary/aromatic N) is 1. The molecule has 1 aliphatic heterocycles. The van der Waals surface area contributed by atoms with Crippen LogP contribution in [0, 0.1) is 0 Å². The predicted molar refractivity (Wildman–Crippen MR) is 82.9 cm³/mol. The van der Waals surface area contributed by atoms with E-state index in [1.165, 1.54) is 24.2 Å². The van der Waals surface area contributed by atoms with Gasteiger partial charge in [-0.1, -0.05) is 0 Å². The highest BCUT2D eigenvalue weighted by Crippen LogP contribution is 2.28. The van der Waals surface area contributed by atoms with Crippen LogP contribution in [0.1, 0.15) is 31.6 Å². The highest BCUT2D eigenvalue weighted by molar-refractivity contribution is 7.89. The van der Waals surface area contributed by atoms with E-state index in [9.17, 15) is 8.42 Å². The second-order valence-corrected chi connectivity index (χ2v) is 8.85. The van der Waals surface area contributed by atoms with Crippen molar-refractivity contribution >= 4 is 21.4 Å². The fourth-order valence-corrected chi connectivity index (χ4v) is 5.63. The molecule has 0 aromatic carbocycles. The molecule has 2 fully saturated rings. The van der Waals surface area contributed by atoms with Crippen LogP contribution in [0.3, 0.4) is 0 Å². The molecule has 2 aliphatic rings. The fourth-order valence-electron chi connectivity index (χ4n) is 2.68. The van der Waals surface area contributed by atoms with Gasteiger partial charge in [-0.3, -0.25) is 0 Å². The van der Waals surface area contributed by atoms with E-state index in [0.717, 1.165) is 4.88 Å². The van der Waals surface area contributed by atoms with Gasteiger partial charge in [-0.25, -0.2) is 8.42 Å². The first-order chi connectivity index (χ1) is 9.96. The lowest BCUT2D eigenvalue weighted by Gasteiger charge is -2.34. The second-order valence-electron chi connectivity index (χ2n) is 5.94. The standard InChI is InChI=1S/C14H22N2O3S2/c1-10-8-16(9-11(2)19-10)21(17,18)14-5-6-20-13(14)7-15-12-3-4-12/h5-6,10-12,15H,3-4,7-9H2,1-2H3/t10-,11+. The SMILES string of the molecule is C[C@@H]1CN(S(=O)(=O)c2ccsc2CNC2CC2)C[C@H](C)O1. The van der Waals surface area contributed by atoms with E-state index in [2.05, 4.69) is 5.32 Å². The van der Waals surface area contributed by atoms with Crippen LogP contribution in [0.25, 0.3) is 0 Å². The van der Waals surface area contributed by atoms with Crippen molar-refractivity contribution < 1.29 is 13.2 Å². The molecule has 5 nitrogen and oxygen atoms in total. The minimum absolute atomic E-state index is 0.0600. The van der Waals surface area contributed by atoms with E-state index in [1.54, 1.807) is 10.4 Å². The Hall–Kier alpha value is -0.470. The van der Waals surface area contributed by atoms with Gasteiger partial charge in [0.15, 0.2) is 0 Å². The minimum Gasteiger partial charge on any atom is -0.373 e. The molecule has 1 aromatic heterocycles. The van der Waals surface area contributed by atoms with Gasteiger partial charge in [0, 0.05) is 30.6 Å². The number of thiophene rings is 1. The molecule has 2 heterocycles. The molecule has 0 amide bonds. The Kier molecular flexibility index (Phi) is 4.38. The van der Waals surface area contributed by atoms with Crippen molar-refractivity contribution in [2.24, 2.45) is 0 Å². The van der Waals surface area contributed by atoms with Crippen molar-refractivity contribution in [2.45, 2.75) is 56.4 Å². The van der Waals surface area contributed by atoms with Crippen LogP contribution in [0.2, 0.25) is 0 Å². The van der Waals surface area contributed by atoms with Gasteiger partial charge in [0.1, 0.15) is 0 Å². The summed E-state index contributed by atoms with van der Waals surface area (Å²) in [7, 11) is -3.42. The Bertz CT molecular complexity index is 585. The normalized spacial score (nSPS) is 27.9. The summed E-state index contributed by atoms with van der Waals surface area (Å²) in [5, 5.41) is 5.26. The molecule has 1 N–H and O–H groups in total. The first kappa shape index (κ1) is 15.4. The number of hydrogen-bond acceptors (Lipinski definition) is 5. The molecule has 1 saturated heterocycles. The zero-order chi connectivity index (χ0) is 15.0. The van der Waals surface area contributed by atoms with Gasteiger partial charge in [-0.2, -0.15) is 4.31 Å². The molecule has 0 spiro atoms. The molecule has 118 valence electrons. The first-order valence-electron chi connectivity index (χ1n) is 7.42. The summed E-state index contributed by atoms with van der Waals surface area (Å²) < 4.78 is 32.9. The van der Waals surface area contributed by atoms with E-state index in [0.29, 0.717) is 30.6 Å². The molecule has 0 unspecified atom stereocenters. The summed E-state index contributed by atoms with van der Waals surface area (Å²) in [5.74, 6) is 0. The third kappa shape index (κ3) is 3.48. The van der Waals surface area contributed by atoms with Gasteiger partial charge in [-0.15, -0.1) is 11.3 Å². The minimum atomic E-state index is -3.42. The lowest BCUT2D eigenvalue weighted by Crippen LogP contribution is -2.48. The summed E-state index contributed by atoms with van der Waals surface area (Å²) in [6.07, 6.45) is 2.28. The summed E-state index contributed by atoms with van der Waals surface area (Å²) in [6.45, 7) is 5.34. The van der Waals surface area contributed by atoms with Gasteiger partial charge in [0.25, 0.3) is 0 Å². The second kappa shape index (κ2) is 5.96. The first-order valence-corrected chi connectivity index (χ1v) is 9.74. The van der Waals surface area contributed by atoms with Gasteiger partial charge >= 0.3 is 0 Å². The van der Waals surface area contributed by atoms with Crippen LogP contribution >= 0.6 is 11.3 Å². The Morgan fingerprint density at radius 2 is 2.00 bits per heavy atom. The van der Waals surface area contributed by atoms with E-state index in [4.69, 9.17) is 4.74 Å². The average Bonchev–Trinajstić information content (AvgIpc) is 3.11. The van der Waals surface area contributed by atoms with Crippen molar-refractivity contribution in [1.82, 2.24) is 9.62 Å². The van der Waals surface area contributed by atoms with E-state index < -0.39 is 10.0 Å². The zero-order valence-electron chi connectivity index (χ0n) is 12.4. The average molecular weight is 330 g/mol. The lowest BCUT2D eigenvalue weighted by molar-refractivity contribution is -0.0440. The van der Waals surface area contributed by atoms with E-state index in [1.807, 2.05) is 19.2 Å². The molecule has 2 atom stereocenters. The van der Waals surface area contributed by atoms with Crippen LogP contribution < -0.4 is 5.32 Å². The third-order valence-corrected chi connectivity index (χ3v) is 6.80. The van der Waals surface area contributed by atoms with Crippen LogP contribution in [-0.2, 0) is 21.3 Å². The lowest BCUT2D eigenvalue weighted by atomic mass is 10.3. The summed E-state index contributed by atoms with van der Waals surface area (Å²) in [5.41, 5.74) is 0. The molecule has 1 aromatic rings. The number of morpholine rings is 1. The van der Waals surface area contributed by atoms with Gasteiger partial charge in [-0.05, 0) is 38.1 Å². The number of rotatable bonds is 5. The summed E-state index contributed by atoms with van der Waals surface area (Å²) in [6, 6.07) is 2.31. The highest BCUT2D eigenvalue weighted by Gasteiger charge is 2.34. The maximum Gasteiger partial charge on any atom is 0.244 e. The van der Waals surface area contributed by atoms with Crippen molar-refractivity contribution in [1.29, 1.82) is 0 Å². The zero-order valence-corrected chi connectivity index (χ0v) is 14.0. The van der Waals surface area contributed by atoms with E-state index >= 15 is 0 Å². The van der Waals surface area contributed by atoms with Crippen LogP contribution in [0.15, 0.2) is 16.3 Å². The quantitative estimate of drug-likeness (QED) is 0.894. The van der Waals surface area contributed by atoms with Crippen molar-refractivity contribution in [3.8, 4) is 0 Å². The molecule has 1 aliphatic carbocycles. The summed E-state index contributed by atoms with van der Waals surface area (Å²) >= 11 is 1.51. The summed E-state index contributed by atoms with van der Waals surface area (Å²) in [4.78, 5) is 1.37. The van der Waals surface area contributed by atoms with Crippen LogP contribution in [0.5, 0.6) is 0 Å². The van der Waals surface area contributed by atoms with Crippen molar-refractivity contribution in [3.63, 3.8) is 0 Å². The number of sulfonamides is 1.